The molecule has 4 rings (SSSR count). The predicted molar refractivity (Wildman–Crippen MR) is 115 cm³/mol. The van der Waals surface area contributed by atoms with Crippen LogP contribution >= 0.6 is 0 Å². The first-order valence-corrected chi connectivity index (χ1v) is 10.6. The maximum Gasteiger partial charge on any atom is 0.153 e. The van der Waals surface area contributed by atoms with Crippen molar-refractivity contribution in [3.05, 3.63) is 65.3 Å². The minimum atomic E-state index is 0.232. The van der Waals surface area contributed by atoms with Crippen LogP contribution in [0.5, 0.6) is 0 Å². The molecule has 1 saturated heterocycles. The maximum atomic E-state index is 4.80. The first kappa shape index (κ1) is 19.1. The molecule has 148 valence electrons. The van der Waals surface area contributed by atoms with Gasteiger partial charge in [-0.1, -0.05) is 36.4 Å². The Morgan fingerprint density at radius 2 is 1.89 bits per heavy atom. The van der Waals surface area contributed by atoms with E-state index in [1.807, 2.05) is 0 Å². The van der Waals surface area contributed by atoms with Gasteiger partial charge in [-0.25, -0.2) is 9.67 Å². The lowest BCUT2D eigenvalue weighted by molar-refractivity contribution is 0.254. The number of hydrogen-bond acceptors (Lipinski definition) is 3. The molecule has 1 fully saturated rings. The summed E-state index contributed by atoms with van der Waals surface area (Å²) in [5.41, 5.74) is 6.49. The minimum Gasteiger partial charge on any atom is -0.290 e. The number of para-hydroxylation sites is 1. The normalized spacial score (nSPS) is 21.5. The second-order valence-electron chi connectivity index (χ2n) is 8.51. The number of aryl methyl sites for hydroxylation is 2. The van der Waals surface area contributed by atoms with Gasteiger partial charge in [0, 0.05) is 0 Å². The van der Waals surface area contributed by atoms with Gasteiger partial charge in [-0.3, -0.25) is 4.90 Å². The van der Waals surface area contributed by atoms with Crippen molar-refractivity contribution in [1.82, 2.24) is 19.7 Å². The highest BCUT2D eigenvalue weighted by Gasteiger charge is 2.32. The Balaban J connectivity index is 1.76. The third-order valence-corrected chi connectivity index (χ3v) is 6.47. The maximum absolute atomic E-state index is 4.80. The lowest BCUT2D eigenvalue weighted by Gasteiger charge is -2.33. The van der Waals surface area contributed by atoms with Crippen LogP contribution in [0.25, 0.3) is 5.69 Å². The molecular formula is C24H32N4. The highest BCUT2D eigenvalue weighted by Crippen LogP contribution is 2.39. The summed E-state index contributed by atoms with van der Waals surface area (Å²) < 4.78 is 2.10. The van der Waals surface area contributed by atoms with Gasteiger partial charge in [-0.05, 0) is 88.6 Å². The van der Waals surface area contributed by atoms with Gasteiger partial charge in [-0.15, -0.1) is 0 Å². The quantitative estimate of drug-likeness (QED) is 0.662. The third kappa shape index (κ3) is 3.58. The zero-order valence-corrected chi connectivity index (χ0v) is 17.5. The van der Waals surface area contributed by atoms with E-state index in [9.17, 15) is 0 Å². The van der Waals surface area contributed by atoms with Crippen LogP contribution in [0, 0.1) is 19.8 Å². The topological polar surface area (TPSA) is 34.0 Å². The molecule has 1 unspecified atom stereocenters. The number of likely N-dealkylation sites (tertiary alicyclic amines) is 1. The fourth-order valence-corrected chi connectivity index (χ4v) is 4.86. The highest BCUT2D eigenvalue weighted by atomic mass is 15.4. The average Bonchev–Trinajstić information content (AvgIpc) is 3.36. The number of aromatic nitrogens is 3. The van der Waals surface area contributed by atoms with E-state index < -0.39 is 0 Å². The van der Waals surface area contributed by atoms with Crippen LogP contribution < -0.4 is 0 Å². The number of nitrogens with zero attached hydrogens (tertiary/aromatic N) is 4. The molecule has 0 saturated carbocycles. The molecule has 28 heavy (non-hydrogen) atoms. The summed E-state index contributed by atoms with van der Waals surface area (Å²) in [6, 6.07) is 6.67. The van der Waals surface area contributed by atoms with Crippen molar-refractivity contribution in [1.29, 1.82) is 0 Å². The third-order valence-electron chi connectivity index (χ3n) is 6.47. The molecule has 4 heteroatoms. The van der Waals surface area contributed by atoms with Crippen LogP contribution in [0.15, 0.2) is 48.3 Å². The summed E-state index contributed by atoms with van der Waals surface area (Å²) in [6.45, 7) is 13.0. The molecule has 4 nitrogen and oxygen atoms in total. The highest BCUT2D eigenvalue weighted by molar-refractivity contribution is 5.47. The molecule has 2 aliphatic rings. The van der Waals surface area contributed by atoms with Gasteiger partial charge in [-0.2, -0.15) is 5.10 Å². The van der Waals surface area contributed by atoms with Crippen LogP contribution in [0.1, 0.15) is 62.0 Å². The van der Waals surface area contributed by atoms with Gasteiger partial charge in [0.2, 0.25) is 0 Å². The van der Waals surface area contributed by atoms with E-state index >= 15 is 0 Å². The van der Waals surface area contributed by atoms with Gasteiger partial charge in [0.1, 0.15) is 6.33 Å². The monoisotopic (exact) mass is 376 g/mol. The zero-order chi connectivity index (χ0) is 19.7. The summed E-state index contributed by atoms with van der Waals surface area (Å²) in [5, 5.41) is 4.68. The number of rotatable bonds is 5. The SMILES string of the molecule is C=C(C)[C@@H]1CC=C(C(c2ncnn2-c2c(C)cccc2C)N2CCCC2)CC1. The zero-order valence-electron chi connectivity index (χ0n) is 17.5. The molecule has 0 amide bonds. The molecule has 2 atom stereocenters. The Bertz CT molecular complexity index is 866. The summed E-state index contributed by atoms with van der Waals surface area (Å²) in [7, 11) is 0. The van der Waals surface area contributed by atoms with E-state index in [4.69, 9.17) is 4.98 Å². The molecule has 0 N–H and O–H groups in total. The molecule has 1 aliphatic heterocycles. The first-order chi connectivity index (χ1) is 13.6. The van der Waals surface area contributed by atoms with Gasteiger partial charge < -0.3 is 0 Å². The van der Waals surface area contributed by atoms with E-state index in [2.05, 4.69) is 66.3 Å². The van der Waals surface area contributed by atoms with Crippen molar-refractivity contribution in [2.24, 2.45) is 5.92 Å². The van der Waals surface area contributed by atoms with Crippen molar-refractivity contribution in [2.45, 2.75) is 58.9 Å². The number of benzene rings is 1. The van der Waals surface area contributed by atoms with E-state index in [1.54, 1.807) is 6.33 Å². The van der Waals surface area contributed by atoms with Crippen LogP contribution in [-0.4, -0.2) is 32.8 Å². The Morgan fingerprint density at radius 3 is 2.50 bits per heavy atom. The van der Waals surface area contributed by atoms with Crippen molar-refractivity contribution < 1.29 is 0 Å². The summed E-state index contributed by atoms with van der Waals surface area (Å²) in [5.74, 6) is 1.69. The largest absolute Gasteiger partial charge is 0.290 e. The van der Waals surface area contributed by atoms with Gasteiger partial charge in [0.05, 0.1) is 11.7 Å². The molecule has 0 bridgehead atoms. The minimum absolute atomic E-state index is 0.232. The van der Waals surface area contributed by atoms with Gasteiger partial charge >= 0.3 is 0 Å². The first-order valence-electron chi connectivity index (χ1n) is 10.6. The fraction of sp³-hybridized carbons (Fsp3) is 0.500. The van der Waals surface area contributed by atoms with Crippen LogP contribution in [0.3, 0.4) is 0 Å². The fourth-order valence-electron chi connectivity index (χ4n) is 4.86. The summed E-state index contributed by atoms with van der Waals surface area (Å²) in [4.78, 5) is 7.41. The van der Waals surface area contributed by atoms with Crippen LogP contribution in [0.2, 0.25) is 0 Å². The number of hydrogen-bond donors (Lipinski definition) is 0. The molecule has 0 spiro atoms. The smallest absolute Gasteiger partial charge is 0.153 e. The molecule has 1 aliphatic carbocycles. The Kier molecular flexibility index (Phi) is 5.49. The second kappa shape index (κ2) is 8.04. The van der Waals surface area contributed by atoms with Crippen molar-refractivity contribution in [3.8, 4) is 5.69 Å². The van der Waals surface area contributed by atoms with Gasteiger partial charge in [0.25, 0.3) is 0 Å². The second-order valence-corrected chi connectivity index (χ2v) is 8.51. The Morgan fingerprint density at radius 1 is 1.18 bits per heavy atom. The lowest BCUT2D eigenvalue weighted by Crippen LogP contribution is -2.31. The van der Waals surface area contributed by atoms with E-state index in [0.29, 0.717) is 5.92 Å². The number of allylic oxidation sites excluding steroid dienone is 2. The molecule has 2 heterocycles. The van der Waals surface area contributed by atoms with E-state index in [0.717, 1.165) is 31.8 Å². The molecular weight excluding hydrogens is 344 g/mol. The standard InChI is InChI=1S/C24H32N4/c1-17(2)20-10-12-21(13-11-20)23(27-14-5-6-15-27)24-25-16-26-28(24)22-18(3)8-7-9-19(22)4/h7-9,12,16,20,23H,1,5-6,10-11,13-15H2,2-4H3/t20-,23?/m1/s1. The molecule has 1 aromatic carbocycles. The average molecular weight is 377 g/mol. The molecule has 2 aromatic rings. The van der Waals surface area contributed by atoms with E-state index in [1.165, 1.54) is 47.2 Å². The van der Waals surface area contributed by atoms with Crippen molar-refractivity contribution >= 4 is 0 Å². The molecule has 1 aromatic heterocycles. The van der Waals surface area contributed by atoms with Crippen molar-refractivity contribution in [2.75, 3.05) is 13.1 Å². The van der Waals surface area contributed by atoms with Gasteiger partial charge in [0.15, 0.2) is 5.82 Å². The lowest BCUT2D eigenvalue weighted by atomic mass is 9.83. The molecule has 0 radical (unpaired) electrons. The Labute approximate surface area is 169 Å². The van der Waals surface area contributed by atoms with Crippen molar-refractivity contribution in [3.63, 3.8) is 0 Å². The van der Waals surface area contributed by atoms with E-state index in [-0.39, 0.29) is 6.04 Å². The predicted octanol–water partition coefficient (Wildman–Crippen LogP) is 5.32. The summed E-state index contributed by atoms with van der Waals surface area (Å²) >= 11 is 0. The summed E-state index contributed by atoms with van der Waals surface area (Å²) in [6.07, 6.45) is 10.2. The van der Waals surface area contributed by atoms with Crippen LogP contribution in [0.4, 0.5) is 0 Å². The Hall–Kier alpha value is -2.20. The van der Waals surface area contributed by atoms with Crippen LogP contribution in [-0.2, 0) is 0 Å².